The third-order valence-electron chi connectivity index (χ3n) is 3.36. The predicted octanol–water partition coefficient (Wildman–Crippen LogP) is 3.24. The summed E-state index contributed by atoms with van der Waals surface area (Å²) in [7, 11) is 0. The number of rotatable bonds is 3. The van der Waals surface area contributed by atoms with Crippen molar-refractivity contribution in [1.82, 2.24) is 4.98 Å². The molecule has 0 aliphatic heterocycles. The summed E-state index contributed by atoms with van der Waals surface area (Å²) in [4.78, 5) is 4.19. The maximum Gasteiger partial charge on any atom is 0.0531 e. The van der Waals surface area contributed by atoms with Crippen molar-refractivity contribution in [2.24, 2.45) is 11.8 Å². The van der Waals surface area contributed by atoms with Crippen molar-refractivity contribution < 1.29 is 0 Å². The number of nitrogens with one attached hydrogen (secondary N) is 1. The van der Waals surface area contributed by atoms with E-state index in [-0.39, 0.29) is 0 Å². The summed E-state index contributed by atoms with van der Waals surface area (Å²) >= 11 is 0. The van der Waals surface area contributed by atoms with E-state index in [9.17, 15) is 0 Å². The summed E-state index contributed by atoms with van der Waals surface area (Å²) in [5, 5.41) is 3.54. The first kappa shape index (κ1) is 10.5. The van der Waals surface area contributed by atoms with E-state index in [4.69, 9.17) is 0 Å². The Morgan fingerprint density at radius 1 is 1.33 bits per heavy atom. The number of anilines is 1. The molecule has 1 aromatic heterocycles. The fourth-order valence-corrected chi connectivity index (χ4v) is 2.19. The van der Waals surface area contributed by atoms with Crippen molar-refractivity contribution in [2.45, 2.75) is 39.7 Å². The quantitative estimate of drug-likeness (QED) is 0.817. The molecule has 0 spiro atoms. The fourth-order valence-electron chi connectivity index (χ4n) is 2.19. The number of aromatic nitrogens is 1. The molecule has 1 N–H and O–H groups in total. The zero-order valence-electron chi connectivity index (χ0n) is 9.83. The Morgan fingerprint density at radius 3 is 2.67 bits per heavy atom. The largest absolute Gasteiger partial charge is 0.381 e. The Morgan fingerprint density at radius 2 is 2.07 bits per heavy atom. The molecule has 15 heavy (non-hydrogen) atoms. The monoisotopic (exact) mass is 204 g/mol. The maximum absolute atomic E-state index is 4.19. The van der Waals surface area contributed by atoms with Crippen LogP contribution in [0.3, 0.4) is 0 Å². The van der Waals surface area contributed by atoms with Crippen LogP contribution in [0.25, 0.3) is 0 Å². The molecule has 1 fully saturated rings. The van der Waals surface area contributed by atoms with Crippen molar-refractivity contribution in [3.63, 3.8) is 0 Å². The second-order valence-electron chi connectivity index (χ2n) is 5.07. The molecule has 1 aromatic rings. The van der Waals surface area contributed by atoms with E-state index in [0.717, 1.165) is 11.8 Å². The number of pyridine rings is 1. The molecule has 1 heterocycles. The summed E-state index contributed by atoms with van der Waals surface area (Å²) in [5.74, 6) is 1.75. The first-order chi connectivity index (χ1) is 7.15. The predicted molar refractivity (Wildman–Crippen MR) is 63.9 cm³/mol. The topological polar surface area (TPSA) is 24.9 Å². The number of hydrogen-bond donors (Lipinski definition) is 1. The Hall–Kier alpha value is -1.05. The van der Waals surface area contributed by atoms with E-state index >= 15 is 0 Å². The minimum atomic E-state index is 0.668. The van der Waals surface area contributed by atoms with E-state index in [0.29, 0.717) is 6.04 Å². The molecule has 1 saturated carbocycles. The lowest BCUT2D eigenvalue weighted by Crippen LogP contribution is -2.37. The van der Waals surface area contributed by atoms with Crippen LogP contribution in [0, 0.1) is 18.8 Å². The van der Waals surface area contributed by atoms with Crippen molar-refractivity contribution in [2.75, 3.05) is 5.32 Å². The minimum absolute atomic E-state index is 0.668. The summed E-state index contributed by atoms with van der Waals surface area (Å²) in [6, 6.07) is 2.83. The average Bonchev–Trinajstić information content (AvgIpc) is 2.10. The second kappa shape index (κ2) is 4.21. The van der Waals surface area contributed by atoms with Gasteiger partial charge in [0.15, 0.2) is 0 Å². The molecule has 82 valence electrons. The Balaban J connectivity index is 1.85. The van der Waals surface area contributed by atoms with Crippen LogP contribution in [0.2, 0.25) is 0 Å². The molecule has 0 bridgehead atoms. The molecule has 0 radical (unpaired) electrons. The lowest BCUT2D eigenvalue weighted by Gasteiger charge is -2.39. The van der Waals surface area contributed by atoms with Crippen LogP contribution in [0.4, 0.5) is 5.69 Å². The molecule has 1 aliphatic carbocycles. The normalized spacial score (nSPS) is 25.1. The molecule has 0 saturated heterocycles. The molecule has 2 heteroatoms. The van der Waals surface area contributed by atoms with Gasteiger partial charge in [-0.3, -0.25) is 4.98 Å². The molecule has 0 amide bonds. The number of nitrogens with zero attached hydrogens (tertiary/aromatic N) is 1. The third kappa shape index (κ3) is 2.49. The molecule has 0 aromatic carbocycles. The van der Waals surface area contributed by atoms with Crippen LogP contribution in [0.5, 0.6) is 0 Å². The van der Waals surface area contributed by atoms with Crippen LogP contribution in [0.15, 0.2) is 18.5 Å². The van der Waals surface area contributed by atoms with Crippen LogP contribution in [-0.2, 0) is 0 Å². The van der Waals surface area contributed by atoms with Gasteiger partial charge in [0, 0.05) is 18.4 Å². The first-order valence-corrected chi connectivity index (χ1v) is 5.83. The van der Waals surface area contributed by atoms with Gasteiger partial charge >= 0.3 is 0 Å². The zero-order valence-corrected chi connectivity index (χ0v) is 9.83. The Labute approximate surface area is 92.1 Å². The van der Waals surface area contributed by atoms with Gasteiger partial charge in [0.05, 0.1) is 5.69 Å². The maximum atomic E-state index is 4.19. The van der Waals surface area contributed by atoms with Crippen molar-refractivity contribution >= 4 is 5.69 Å². The number of hydrogen-bond acceptors (Lipinski definition) is 2. The van der Waals surface area contributed by atoms with Gasteiger partial charge in [-0.15, -0.1) is 0 Å². The number of aryl methyl sites for hydroxylation is 1. The van der Waals surface area contributed by atoms with E-state index < -0.39 is 0 Å². The molecule has 0 unspecified atom stereocenters. The van der Waals surface area contributed by atoms with Crippen LogP contribution in [-0.4, -0.2) is 11.0 Å². The molecule has 2 rings (SSSR count). The fraction of sp³-hybridized carbons (Fsp3) is 0.615. The van der Waals surface area contributed by atoms with Crippen molar-refractivity contribution in [3.05, 3.63) is 24.0 Å². The van der Waals surface area contributed by atoms with Crippen molar-refractivity contribution in [1.29, 1.82) is 0 Å². The summed E-state index contributed by atoms with van der Waals surface area (Å²) in [6.07, 6.45) is 6.43. The Kier molecular flexibility index (Phi) is 2.94. The molecular weight excluding hydrogens is 184 g/mol. The molecule has 0 atom stereocenters. The zero-order chi connectivity index (χ0) is 10.8. The minimum Gasteiger partial charge on any atom is -0.381 e. The van der Waals surface area contributed by atoms with Crippen LogP contribution in [0.1, 0.15) is 32.3 Å². The van der Waals surface area contributed by atoms with Gasteiger partial charge < -0.3 is 5.32 Å². The van der Waals surface area contributed by atoms with Gasteiger partial charge in [0.1, 0.15) is 0 Å². The lowest BCUT2D eigenvalue weighted by molar-refractivity contribution is 0.212. The van der Waals surface area contributed by atoms with E-state index in [1.807, 2.05) is 12.4 Å². The highest BCUT2D eigenvalue weighted by Gasteiger charge is 2.30. The SMILES string of the molecule is Cc1cncc(NC2CC(C(C)C)C2)c1. The van der Waals surface area contributed by atoms with Gasteiger partial charge in [-0.1, -0.05) is 13.8 Å². The molecular formula is C13H20N2. The first-order valence-electron chi connectivity index (χ1n) is 5.83. The van der Waals surface area contributed by atoms with E-state index in [1.54, 1.807) is 0 Å². The summed E-state index contributed by atoms with van der Waals surface area (Å²) < 4.78 is 0. The van der Waals surface area contributed by atoms with Crippen molar-refractivity contribution in [3.8, 4) is 0 Å². The van der Waals surface area contributed by atoms with Gasteiger partial charge in [0.2, 0.25) is 0 Å². The van der Waals surface area contributed by atoms with Gasteiger partial charge in [-0.2, -0.15) is 0 Å². The van der Waals surface area contributed by atoms with Gasteiger partial charge in [-0.05, 0) is 43.2 Å². The molecule has 1 aliphatic rings. The van der Waals surface area contributed by atoms with E-state index in [1.165, 1.54) is 24.1 Å². The van der Waals surface area contributed by atoms with E-state index in [2.05, 4.69) is 37.1 Å². The summed E-state index contributed by atoms with van der Waals surface area (Å²) in [6.45, 7) is 6.71. The Bertz CT molecular complexity index is 327. The highest BCUT2D eigenvalue weighted by atomic mass is 14.9. The highest BCUT2D eigenvalue weighted by Crippen LogP contribution is 2.35. The lowest BCUT2D eigenvalue weighted by atomic mass is 9.73. The van der Waals surface area contributed by atoms with Gasteiger partial charge in [0.25, 0.3) is 0 Å². The highest BCUT2D eigenvalue weighted by molar-refractivity contribution is 5.43. The van der Waals surface area contributed by atoms with Gasteiger partial charge in [-0.25, -0.2) is 0 Å². The van der Waals surface area contributed by atoms with Crippen LogP contribution >= 0.6 is 0 Å². The smallest absolute Gasteiger partial charge is 0.0531 e. The second-order valence-corrected chi connectivity index (χ2v) is 5.07. The van der Waals surface area contributed by atoms with Crippen LogP contribution < -0.4 is 5.32 Å². The summed E-state index contributed by atoms with van der Waals surface area (Å²) in [5.41, 5.74) is 2.39. The third-order valence-corrected chi connectivity index (χ3v) is 3.36. The average molecular weight is 204 g/mol. The molecule has 2 nitrogen and oxygen atoms in total. The standard InChI is InChI=1S/C13H20N2/c1-9(2)11-5-12(6-11)15-13-4-10(3)7-14-8-13/h4,7-9,11-12,15H,5-6H2,1-3H3.